The van der Waals surface area contributed by atoms with Crippen molar-refractivity contribution in [3.63, 3.8) is 0 Å². The molecule has 3 amide bonds. The molecule has 1 saturated heterocycles. The molecule has 1 aromatic rings. The maximum Gasteiger partial charge on any atom is 0.239 e. The van der Waals surface area contributed by atoms with Crippen molar-refractivity contribution in [2.45, 2.75) is 27.7 Å². The molecule has 1 aliphatic rings. The summed E-state index contributed by atoms with van der Waals surface area (Å²) in [5.41, 5.74) is 0.0884. The Morgan fingerprint density at radius 3 is 1.92 bits per heavy atom. The molecule has 2 N–H and O–H groups in total. The van der Waals surface area contributed by atoms with Crippen molar-refractivity contribution in [3.05, 3.63) is 24.3 Å². The zero-order valence-corrected chi connectivity index (χ0v) is 16.0. The lowest BCUT2D eigenvalue weighted by Crippen LogP contribution is -2.54. The SMILES string of the molecule is CCN1CCN(C(=O)C(C)(C)C(=O)Nc2ccc(NC(C)=O)cc2)CC1. The molecule has 2 rings (SSSR count). The molecule has 142 valence electrons. The molecule has 0 aliphatic carbocycles. The number of hydrogen-bond acceptors (Lipinski definition) is 4. The van der Waals surface area contributed by atoms with Crippen molar-refractivity contribution in [1.29, 1.82) is 0 Å². The molecular formula is C19H28N4O3. The van der Waals surface area contributed by atoms with Crippen LogP contribution in [-0.2, 0) is 14.4 Å². The standard InChI is InChI=1S/C19H28N4O3/c1-5-22-10-12-23(13-11-22)18(26)19(3,4)17(25)21-16-8-6-15(7-9-16)20-14(2)24/h6-9H,5,10-13H2,1-4H3,(H,20,24)(H,21,25). The van der Waals surface area contributed by atoms with Crippen molar-refractivity contribution in [3.8, 4) is 0 Å². The van der Waals surface area contributed by atoms with Crippen LogP contribution in [0, 0.1) is 5.41 Å². The maximum atomic E-state index is 12.8. The number of piperazine rings is 1. The van der Waals surface area contributed by atoms with Crippen molar-refractivity contribution in [2.75, 3.05) is 43.4 Å². The molecule has 0 radical (unpaired) electrons. The van der Waals surface area contributed by atoms with Gasteiger partial charge in [0.2, 0.25) is 17.7 Å². The van der Waals surface area contributed by atoms with Gasteiger partial charge in [-0.1, -0.05) is 6.92 Å². The topological polar surface area (TPSA) is 81.8 Å². The van der Waals surface area contributed by atoms with E-state index in [1.807, 2.05) is 0 Å². The van der Waals surface area contributed by atoms with Gasteiger partial charge in [-0.2, -0.15) is 0 Å². The Hall–Kier alpha value is -2.41. The molecule has 0 atom stereocenters. The average Bonchev–Trinajstić information content (AvgIpc) is 2.62. The van der Waals surface area contributed by atoms with E-state index >= 15 is 0 Å². The van der Waals surface area contributed by atoms with Crippen LogP contribution in [0.25, 0.3) is 0 Å². The second-order valence-corrected chi connectivity index (χ2v) is 7.06. The molecule has 0 unspecified atom stereocenters. The number of amides is 3. The first-order valence-corrected chi connectivity index (χ1v) is 8.95. The van der Waals surface area contributed by atoms with Crippen LogP contribution in [0.1, 0.15) is 27.7 Å². The minimum absolute atomic E-state index is 0.152. The van der Waals surface area contributed by atoms with Gasteiger partial charge in [0.15, 0.2) is 0 Å². The molecule has 7 nitrogen and oxygen atoms in total. The van der Waals surface area contributed by atoms with Gasteiger partial charge in [0.1, 0.15) is 5.41 Å². The van der Waals surface area contributed by atoms with Crippen molar-refractivity contribution in [1.82, 2.24) is 9.80 Å². The smallest absolute Gasteiger partial charge is 0.239 e. The first-order valence-electron chi connectivity index (χ1n) is 8.95. The molecule has 1 fully saturated rings. The number of anilines is 2. The molecule has 1 aromatic carbocycles. The molecule has 0 spiro atoms. The summed E-state index contributed by atoms with van der Waals surface area (Å²) in [4.78, 5) is 40.6. The molecule has 1 heterocycles. The predicted molar refractivity (Wildman–Crippen MR) is 102 cm³/mol. The van der Waals surface area contributed by atoms with Crippen molar-refractivity contribution in [2.24, 2.45) is 5.41 Å². The number of rotatable bonds is 5. The summed E-state index contributed by atoms with van der Waals surface area (Å²) in [6.45, 7) is 10.8. The average molecular weight is 360 g/mol. The second kappa shape index (κ2) is 8.31. The van der Waals surface area contributed by atoms with E-state index in [0.717, 1.165) is 19.6 Å². The largest absolute Gasteiger partial charge is 0.339 e. The molecule has 26 heavy (non-hydrogen) atoms. The lowest BCUT2D eigenvalue weighted by Gasteiger charge is -2.37. The van der Waals surface area contributed by atoms with Crippen LogP contribution in [0.3, 0.4) is 0 Å². The van der Waals surface area contributed by atoms with Gasteiger partial charge >= 0.3 is 0 Å². The zero-order valence-electron chi connectivity index (χ0n) is 16.0. The highest BCUT2D eigenvalue weighted by atomic mass is 16.2. The van der Waals surface area contributed by atoms with E-state index < -0.39 is 5.41 Å². The van der Waals surface area contributed by atoms with E-state index in [2.05, 4.69) is 22.5 Å². The van der Waals surface area contributed by atoms with Gasteiger partial charge in [0.25, 0.3) is 0 Å². The van der Waals surface area contributed by atoms with E-state index in [0.29, 0.717) is 24.5 Å². The highest BCUT2D eigenvalue weighted by molar-refractivity contribution is 6.10. The second-order valence-electron chi connectivity index (χ2n) is 7.06. The predicted octanol–water partition coefficient (Wildman–Crippen LogP) is 1.77. The Bertz CT molecular complexity index is 662. The Morgan fingerprint density at radius 1 is 0.962 bits per heavy atom. The third-order valence-corrected chi connectivity index (χ3v) is 4.67. The number of carbonyl (C=O) groups excluding carboxylic acids is 3. The van der Waals surface area contributed by atoms with E-state index in [9.17, 15) is 14.4 Å². The normalized spacial score (nSPS) is 15.5. The summed E-state index contributed by atoms with van der Waals surface area (Å²) < 4.78 is 0. The molecule has 0 bridgehead atoms. The summed E-state index contributed by atoms with van der Waals surface area (Å²) >= 11 is 0. The molecule has 0 saturated carbocycles. The van der Waals surface area contributed by atoms with Gasteiger partial charge in [-0.15, -0.1) is 0 Å². The van der Waals surface area contributed by atoms with Crippen LogP contribution in [0.2, 0.25) is 0 Å². The van der Waals surface area contributed by atoms with Gasteiger partial charge in [0, 0.05) is 44.5 Å². The third-order valence-electron chi connectivity index (χ3n) is 4.67. The quantitative estimate of drug-likeness (QED) is 0.784. The van der Waals surface area contributed by atoms with Crippen LogP contribution in [0.5, 0.6) is 0 Å². The number of benzene rings is 1. The fourth-order valence-corrected chi connectivity index (χ4v) is 2.89. The monoisotopic (exact) mass is 360 g/mol. The van der Waals surface area contributed by atoms with E-state index in [4.69, 9.17) is 0 Å². The fourth-order valence-electron chi connectivity index (χ4n) is 2.89. The van der Waals surface area contributed by atoms with E-state index in [1.54, 1.807) is 43.0 Å². The minimum atomic E-state index is -1.15. The van der Waals surface area contributed by atoms with Gasteiger partial charge in [-0.3, -0.25) is 14.4 Å². The number of nitrogens with zero attached hydrogens (tertiary/aromatic N) is 2. The minimum Gasteiger partial charge on any atom is -0.339 e. The van der Waals surface area contributed by atoms with Crippen LogP contribution < -0.4 is 10.6 Å². The first-order chi connectivity index (χ1) is 12.2. The summed E-state index contributed by atoms with van der Waals surface area (Å²) in [7, 11) is 0. The van der Waals surface area contributed by atoms with Gasteiger partial charge in [0.05, 0.1) is 0 Å². The Labute approximate surface area is 154 Å². The lowest BCUT2D eigenvalue weighted by molar-refractivity contribution is -0.147. The summed E-state index contributed by atoms with van der Waals surface area (Å²) in [5, 5.41) is 5.46. The van der Waals surface area contributed by atoms with E-state index in [1.165, 1.54) is 6.92 Å². The van der Waals surface area contributed by atoms with Gasteiger partial charge < -0.3 is 20.4 Å². The van der Waals surface area contributed by atoms with Crippen LogP contribution >= 0.6 is 0 Å². The van der Waals surface area contributed by atoms with Crippen molar-refractivity contribution >= 4 is 29.1 Å². The maximum absolute atomic E-state index is 12.8. The van der Waals surface area contributed by atoms with Crippen LogP contribution in [0.15, 0.2) is 24.3 Å². The molecule has 1 aliphatic heterocycles. The van der Waals surface area contributed by atoms with E-state index in [-0.39, 0.29) is 17.7 Å². The van der Waals surface area contributed by atoms with Gasteiger partial charge in [-0.05, 0) is 44.7 Å². The highest BCUT2D eigenvalue weighted by Crippen LogP contribution is 2.23. The van der Waals surface area contributed by atoms with Crippen molar-refractivity contribution < 1.29 is 14.4 Å². The Morgan fingerprint density at radius 2 is 1.46 bits per heavy atom. The molecule has 0 aromatic heterocycles. The first kappa shape index (κ1) is 19.9. The van der Waals surface area contributed by atoms with Crippen LogP contribution in [-0.4, -0.2) is 60.2 Å². The van der Waals surface area contributed by atoms with Crippen LogP contribution in [0.4, 0.5) is 11.4 Å². The Kier molecular flexibility index (Phi) is 6.37. The zero-order chi connectivity index (χ0) is 19.3. The molecule has 7 heteroatoms. The summed E-state index contributed by atoms with van der Waals surface area (Å²) in [6.07, 6.45) is 0. The molecular weight excluding hydrogens is 332 g/mol. The number of carbonyl (C=O) groups is 3. The summed E-state index contributed by atoms with van der Waals surface area (Å²) in [5.74, 6) is -0.648. The Balaban J connectivity index is 1.98. The number of likely N-dealkylation sites (N-methyl/N-ethyl adjacent to an activating group) is 1. The fraction of sp³-hybridized carbons (Fsp3) is 0.526. The number of nitrogens with one attached hydrogen (secondary N) is 2. The van der Waals surface area contributed by atoms with Gasteiger partial charge in [-0.25, -0.2) is 0 Å². The lowest BCUT2D eigenvalue weighted by atomic mass is 9.89. The number of hydrogen-bond donors (Lipinski definition) is 2. The third kappa shape index (κ3) is 4.82. The highest BCUT2D eigenvalue weighted by Gasteiger charge is 2.40. The summed E-state index contributed by atoms with van der Waals surface area (Å²) in [6, 6.07) is 6.80.